The van der Waals surface area contributed by atoms with Gasteiger partial charge in [-0.3, -0.25) is 0 Å². The Labute approximate surface area is 94.8 Å². The molecule has 1 saturated carbocycles. The topological polar surface area (TPSA) is 9.23 Å². The van der Waals surface area contributed by atoms with Gasteiger partial charge in [0.25, 0.3) is 0 Å². The standard InChI is InChI=1S/C11H19IO/c1-8(12)11(2)7-9-5-3-4-6-10(9)13-11/h8-10H,3-7H2,1-2H3. The highest BCUT2D eigenvalue weighted by atomic mass is 127. The highest BCUT2D eigenvalue weighted by Crippen LogP contribution is 2.45. The van der Waals surface area contributed by atoms with Gasteiger partial charge in [-0.2, -0.15) is 0 Å². The van der Waals surface area contributed by atoms with E-state index in [2.05, 4.69) is 36.4 Å². The van der Waals surface area contributed by atoms with Crippen molar-refractivity contribution < 1.29 is 4.74 Å². The van der Waals surface area contributed by atoms with Crippen LogP contribution < -0.4 is 0 Å². The number of fused-ring (bicyclic) bond motifs is 1. The van der Waals surface area contributed by atoms with Crippen molar-refractivity contribution in [3.63, 3.8) is 0 Å². The van der Waals surface area contributed by atoms with E-state index < -0.39 is 0 Å². The van der Waals surface area contributed by atoms with Crippen molar-refractivity contribution in [2.24, 2.45) is 5.92 Å². The Morgan fingerprint density at radius 3 is 2.69 bits per heavy atom. The molecular formula is C11H19IO. The van der Waals surface area contributed by atoms with Crippen LogP contribution in [0.15, 0.2) is 0 Å². The minimum absolute atomic E-state index is 0.167. The van der Waals surface area contributed by atoms with Gasteiger partial charge in [-0.1, -0.05) is 42.4 Å². The molecular weight excluding hydrogens is 275 g/mol. The summed E-state index contributed by atoms with van der Waals surface area (Å²) in [6.07, 6.45) is 7.41. The number of halogens is 1. The van der Waals surface area contributed by atoms with E-state index in [9.17, 15) is 0 Å². The molecule has 0 bridgehead atoms. The minimum Gasteiger partial charge on any atom is -0.371 e. The fraction of sp³-hybridized carbons (Fsp3) is 1.00. The second-order valence-corrected chi connectivity index (χ2v) is 6.70. The maximum Gasteiger partial charge on any atom is 0.0776 e. The fourth-order valence-corrected chi connectivity index (χ4v) is 3.13. The van der Waals surface area contributed by atoms with E-state index in [0.29, 0.717) is 10.0 Å². The van der Waals surface area contributed by atoms with E-state index in [1.165, 1.54) is 32.1 Å². The Kier molecular flexibility index (Phi) is 2.90. The van der Waals surface area contributed by atoms with E-state index in [-0.39, 0.29) is 5.60 Å². The molecule has 0 radical (unpaired) electrons. The first-order chi connectivity index (χ1) is 6.12. The molecule has 0 aromatic heterocycles. The lowest BCUT2D eigenvalue weighted by atomic mass is 9.83. The van der Waals surface area contributed by atoms with E-state index >= 15 is 0 Å². The number of hydrogen-bond donors (Lipinski definition) is 0. The van der Waals surface area contributed by atoms with Gasteiger partial charge in [-0.05, 0) is 32.1 Å². The van der Waals surface area contributed by atoms with E-state index in [1.54, 1.807) is 0 Å². The van der Waals surface area contributed by atoms with Crippen LogP contribution in [0.1, 0.15) is 46.0 Å². The molecule has 1 saturated heterocycles. The second-order valence-electron chi connectivity index (χ2n) is 4.83. The van der Waals surface area contributed by atoms with Crippen molar-refractivity contribution in [2.45, 2.75) is 61.6 Å². The highest BCUT2D eigenvalue weighted by Gasteiger charge is 2.45. The van der Waals surface area contributed by atoms with Crippen molar-refractivity contribution in [2.75, 3.05) is 0 Å². The lowest BCUT2D eigenvalue weighted by Gasteiger charge is -2.28. The molecule has 2 heteroatoms. The van der Waals surface area contributed by atoms with Crippen LogP contribution in [-0.2, 0) is 4.74 Å². The van der Waals surface area contributed by atoms with Crippen molar-refractivity contribution in [3.8, 4) is 0 Å². The largest absolute Gasteiger partial charge is 0.371 e. The lowest BCUT2D eigenvalue weighted by molar-refractivity contribution is -0.0375. The third-order valence-corrected chi connectivity index (χ3v) is 5.09. The van der Waals surface area contributed by atoms with Gasteiger partial charge < -0.3 is 4.74 Å². The van der Waals surface area contributed by atoms with Crippen LogP contribution >= 0.6 is 22.6 Å². The molecule has 2 aliphatic rings. The predicted octanol–water partition coefficient (Wildman–Crippen LogP) is 3.55. The maximum absolute atomic E-state index is 6.21. The van der Waals surface area contributed by atoms with Crippen molar-refractivity contribution in [3.05, 3.63) is 0 Å². The monoisotopic (exact) mass is 294 g/mol. The number of ether oxygens (including phenoxy) is 1. The number of hydrogen-bond acceptors (Lipinski definition) is 1. The van der Waals surface area contributed by atoms with Gasteiger partial charge in [0.1, 0.15) is 0 Å². The number of rotatable bonds is 1. The molecule has 76 valence electrons. The zero-order valence-corrected chi connectivity index (χ0v) is 10.7. The van der Waals surface area contributed by atoms with Crippen LogP contribution in [0.4, 0.5) is 0 Å². The molecule has 13 heavy (non-hydrogen) atoms. The Hall–Kier alpha value is 0.690. The van der Waals surface area contributed by atoms with Crippen LogP contribution in [-0.4, -0.2) is 15.6 Å². The highest BCUT2D eigenvalue weighted by molar-refractivity contribution is 14.1. The summed E-state index contributed by atoms with van der Waals surface area (Å²) in [4.78, 5) is 0. The van der Waals surface area contributed by atoms with Gasteiger partial charge in [0.05, 0.1) is 11.7 Å². The van der Waals surface area contributed by atoms with Crippen LogP contribution in [0, 0.1) is 5.92 Å². The Morgan fingerprint density at radius 1 is 1.38 bits per heavy atom. The average Bonchev–Trinajstić information content (AvgIpc) is 2.42. The van der Waals surface area contributed by atoms with E-state index in [0.717, 1.165) is 5.92 Å². The van der Waals surface area contributed by atoms with E-state index in [4.69, 9.17) is 4.74 Å². The fourth-order valence-electron chi connectivity index (χ4n) is 2.73. The SMILES string of the molecule is CC(I)C1(C)CC2CCCCC2O1. The Morgan fingerprint density at radius 2 is 2.08 bits per heavy atom. The molecule has 0 amide bonds. The van der Waals surface area contributed by atoms with Crippen molar-refractivity contribution in [1.29, 1.82) is 0 Å². The summed E-state index contributed by atoms with van der Waals surface area (Å²) in [5.41, 5.74) is 0.167. The molecule has 0 spiro atoms. The normalized spacial score (nSPS) is 47.3. The van der Waals surface area contributed by atoms with Gasteiger partial charge in [0.15, 0.2) is 0 Å². The minimum atomic E-state index is 0.167. The summed E-state index contributed by atoms with van der Waals surface area (Å²) >= 11 is 2.51. The molecule has 1 nitrogen and oxygen atoms in total. The third kappa shape index (κ3) is 1.89. The molecule has 0 N–H and O–H groups in total. The first-order valence-electron chi connectivity index (χ1n) is 5.44. The Balaban J connectivity index is 2.05. The zero-order chi connectivity index (χ0) is 9.47. The quantitative estimate of drug-likeness (QED) is 0.531. The summed E-state index contributed by atoms with van der Waals surface area (Å²) in [5.74, 6) is 0.871. The molecule has 1 aliphatic carbocycles. The maximum atomic E-state index is 6.21. The molecule has 0 aromatic carbocycles. The van der Waals surface area contributed by atoms with Crippen molar-refractivity contribution in [1.82, 2.24) is 0 Å². The second kappa shape index (κ2) is 3.69. The first-order valence-corrected chi connectivity index (χ1v) is 6.68. The first kappa shape index (κ1) is 10.2. The summed E-state index contributed by atoms with van der Waals surface area (Å²) in [7, 11) is 0. The van der Waals surface area contributed by atoms with Crippen molar-refractivity contribution >= 4 is 22.6 Å². The van der Waals surface area contributed by atoms with Gasteiger partial charge in [0.2, 0.25) is 0 Å². The van der Waals surface area contributed by atoms with Crippen LogP contribution in [0.2, 0.25) is 0 Å². The summed E-state index contributed by atoms with van der Waals surface area (Å²) in [6, 6.07) is 0. The molecule has 1 aliphatic heterocycles. The molecule has 4 atom stereocenters. The average molecular weight is 294 g/mol. The zero-order valence-electron chi connectivity index (χ0n) is 8.55. The summed E-state index contributed by atoms with van der Waals surface area (Å²) < 4.78 is 6.84. The molecule has 4 unspecified atom stereocenters. The van der Waals surface area contributed by atoms with Gasteiger partial charge in [-0.15, -0.1) is 0 Å². The van der Waals surface area contributed by atoms with Gasteiger partial charge in [-0.25, -0.2) is 0 Å². The number of alkyl halides is 1. The van der Waals surface area contributed by atoms with E-state index in [1.807, 2.05) is 0 Å². The molecule has 1 heterocycles. The van der Waals surface area contributed by atoms with Gasteiger partial charge in [0, 0.05) is 3.92 Å². The smallest absolute Gasteiger partial charge is 0.0776 e. The van der Waals surface area contributed by atoms with Crippen LogP contribution in [0.5, 0.6) is 0 Å². The summed E-state index contributed by atoms with van der Waals surface area (Å²) in [6.45, 7) is 4.57. The summed E-state index contributed by atoms with van der Waals surface area (Å²) in [5, 5.41) is 0. The molecule has 2 rings (SSSR count). The van der Waals surface area contributed by atoms with Gasteiger partial charge >= 0.3 is 0 Å². The lowest BCUT2D eigenvalue weighted by Crippen LogP contribution is -2.33. The third-order valence-electron chi connectivity index (χ3n) is 3.77. The molecule has 2 fully saturated rings. The molecule has 0 aromatic rings. The Bertz CT molecular complexity index is 177. The van der Waals surface area contributed by atoms with Crippen LogP contribution in [0.25, 0.3) is 0 Å². The van der Waals surface area contributed by atoms with Crippen LogP contribution in [0.3, 0.4) is 0 Å². The predicted molar refractivity (Wildman–Crippen MR) is 63.3 cm³/mol.